The van der Waals surface area contributed by atoms with E-state index in [1.807, 2.05) is 13.8 Å². The highest BCUT2D eigenvalue weighted by Crippen LogP contribution is 2.28. The first-order valence-corrected chi connectivity index (χ1v) is 7.92. The number of rotatable bonds is 6. The Morgan fingerprint density at radius 3 is 2.20 bits per heavy atom. The predicted molar refractivity (Wildman–Crippen MR) is 96.7 cm³/mol. The lowest BCUT2D eigenvalue weighted by Crippen LogP contribution is -2.23. The number of carbonyl (C=O) groups is 2. The Kier molecular flexibility index (Phi) is 6.00. The molecule has 132 valence electrons. The van der Waals surface area contributed by atoms with Crippen molar-refractivity contribution in [3.8, 4) is 11.5 Å². The summed E-state index contributed by atoms with van der Waals surface area (Å²) in [6, 6.07) is 10.1. The molecule has 0 fully saturated rings. The van der Waals surface area contributed by atoms with Gasteiger partial charge in [0.15, 0.2) is 11.5 Å². The number of hydrogen-bond donors (Lipinski definition) is 2. The molecule has 0 unspecified atom stereocenters. The third-order valence-electron chi connectivity index (χ3n) is 3.73. The lowest BCUT2D eigenvalue weighted by Gasteiger charge is -2.12. The van der Waals surface area contributed by atoms with Crippen LogP contribution in [0.25, 0.3) is 0 Å². The summed E-state index contributed by atoms with van der Waals surface area (Å²) in [5.41, 5.74) is 2.38. The number of nitrogens with one attached hydrogen (secondary N) is 2. The third-order valence-corrected chi connectivity index (χ3v) is 3.73. The van der Waals surface area contributed by atoms with Crippen molar-refractivity contribution in [2.45, 2.75) is 13.8 Å². The van der Waals surface area contributed by atoms with Crippen LogP contribution in [0.15, 0.2) is 36.4 Å². The lowest BCUT2D eigenvalue weighted by atomic mass is 10.1. The van der Waals surface area contributed by atoms with Gasteiger partial charge in [0.1, 0.15) is 0 Å². The van der Waals surface area contributed by atoms with Gasteiger partial charge in [-0.1, -0.05) is 6.07 Å². The van der Waals surface area contributed by atoms with Crippen molar-refractivity contribution in [2.75, 3.05) is 26.1 Å². The molecule has 0 bridgehead atoms. The van der Waals surface area contributed by atoms with Gasteiger partial charge in [0.05, 0.1) is 14.2 Å². The van der Waals surface area contributed by atoms with Gasteiger partial charge in [-0.3, -0.25) is 9.59 Å². The Balaban J connectivity index is 2.25. The zero-order chi connectivity index (χ0) is 18.4. The van der Waals surface area contributed by atoms with Gasteiger partial charge in [-0.25, -0.2) is 0 Å². The molecule has 0 aliphatic carbocycles. The maximum Gasteiger partial charge on any atom is 0.255 e. The molecule has 2 amide bonds. The zero-order valence-electron chi connectivity index (χ0n) is 14.8. The molecular formula is C19H22N2O4. The van der Waals surface area contributed by atoms with Crippen LogP contribution in [0.3, 0.4) is 0 Å². The van der Waals surface area contributed by atoms with Crippen LogP contribution in [0.2, 0.25) is 0 Å². The minimum absolute atomic E-state index is 0.177. The molecule has 2 aromatic carbocycles. The van der Waals surface area contributed by atoms with E-state index in [9.17, 15) is 9.59 Å². The summed E-state index contributed by atoms with van der Waals surface area (Å²) in [4.78, 5) is 24.5. The number of aryl methyl sites for hydroxylation is 1. The molecule has 0 saturated carbocycles. The van der Waals surface area contributed by atoms with Gasteiger partial charge in [0, 0.05) is 23.4 Å². The van der Waals surface area contributed by atoms with Crippen LogP contribution >= 0.6 is 0 Å². The van der Waals surface area contributed by atoms with Crippen LogP contribution in [0.4, 0.5) is 5.69 Å². The number of benzene rings is 2. The molecule has 2 N–H and O–H groups in total. The van der Waals surface area contributed by atoms with Crippen LogP contribution in [-0.4, -0.2) is 32.6 Å². The SMILES string of the molecule is CCNC(=O)c1ccc(C)c(NC(=O)c2ccc(OC)c(OC)c2)c1. The van der Waals surface area contributed by atoms with Crippen molar-refractivity contribution in [1.82, 2.24) is 5.32 Å². The Hall–Kier alpha value is -3.02. The van der Waals surface area contributed by atoms with Crippen LogP contribution in [0.5, 0.6) is 11.5 Å². The van der Waals surface area contributed by atoms with Gasteiger partial charge >= 0.3 is 0 Å². The molecule has 0 radical (unpaired) electrons. The van der Waals surface area contributed by atoms with E-state index in [0.29, 0.717) is 34.9 Å². The van der Waals surface area contributed by atoms with E-state index in [1.165, 1.54) is 14.2 Å². The first-order chi connectivity index (χ1) is 12.0. The summed E-state index contributed by atoms with van der Waals surface area (Å²) in [6.07, 6.45) is 0. The normalized spacial score (nSPS) is 10.1. The van der Waals surface area contributed by atoms with Crippen molar-refractivity contribution in [3.05, 3.63) is 53.1 Å². The quantitative estimate of drug-likeness (QED) is 0.846. The van der Waals surface area contributed by atoms with Gasteiger partial charge in [-0.2, -0.15) is 0 Å². The number of amides is 2. The third kappa shape index (κ3) is 4.29. The largest absolute Gasteiger partial charge is 0.493 e. The molecule has 6 heteroatoms. The predicted octanol–water partition coefficient (Wildman–Crippen LogP) is 3.01. The number of hydrogen-bond acceptors (Lipinski definition) is 4. The number of ether oxygens (including phenoxy) is 2. The van der Waals surface area contributed by atoms with Crippen molar-refractivity contribution in [3.63, 3.8) is 0 Å². The molecule has 0 atom stereocenters. The number of methoxy groups -OCH3 is 2. The molecule has 0 saturated heterocycles. The van der Waals surface area contributed by atoms with Gasteiger partial charge in [0.2, 0.25) is 0 Å². The summed E-state index contributed by atoms with van der Waals surface area (Å²) >= 11 is 0. The first-order valence-electron chi connectivity index (χ1n) is 7.92. The Labute approximate surface area is 147 Å². The van der Waals surface area contributed by atoms with E-state index in [4.69, 9.17) is 9.47 Å². The first kappa shape index (κ1) is 18.3. The highest BCUT2D eigenvalue weighted by molar-refractivity contribution is 6.06. The molecule has 6 nitrogen and oxygen atoms in total. The molecule has 0 spiro atoms. The van der Waals surface area contributed by atoms with Gasteiger partial charge in [-0.15, -0.1) is 0 Å². The summed E-state index contributed by atoms with van der Waals surface area (Å²) in [7, 11) is 3.05. The fourth-order valence-electron chi connectivity index (χ4n) is 2.33. The second-order valence-electron chi connectivity index (χ2n) is 5.41. The smallest absolute Gasteiger partial charge is 0.255 e. The fraction of sp³-hybridized carbons (Fsp3) is 0.263. The van der Waals surface area contributed by atoms with E-state index in [0.717, 1.165) is 5.56 Å². The van der Waals surface area contributed by atoms with E-state index in [1.54, 1.807) is 36.4 Å². The molecular weight excluding hydrogens is 320 g/mol. The highest BCUT2D eigenvalue weighted by Gasteiger charge is 2.13. The van der Waals surface area contributed by atoms with Gasteiger partial charge < -0.3 is 20.1 Å². The topological polar surface area (TPSA) is 76.7 Å². The molecule has 0 aromatic heterocycles. The summed E-state index contributed by atoms with van der Waals surface area (Å²) in [5.74, 6) is 0.553. The van der Waals surface area contributed by atoms with Gasteiger partial charge in [0.25, 0.3) is 11.8 Å². The monoisotopic (exact) mass is 342 g/mol. The second-order valence-corrected chi connectivity index (χ2v) is 5.41. The lowest BCUT2D eigenvalue weighted by molar-refractivity contribution is 0.0954. The molecule has 0 aliphatic heterocycles. The Morgan fingerprint density at radius 1 is 0.920 bits per heavy atom. The Morgan fingerprint density at radius 2 is 1.56 bits per heavy atom. The van der Waals surface area contributed by atoms with E-state index in [2.05, 4.69) is 10.6 Å². The van der Waals surface area contributed by atoms with Crippen molar-refractivity contribution in [1.29, 1.82) is 0 Å². The second kappa shape index (κ2) is 8.19. The van der Waals surface area contributed by atoms with E-state index in [-0.39, 0.29) is 11.8 Å². The fourth-order valence-corrected chi connectivity index (χ4v) is 2.33. The summed E-state index contributed by atoms with van der Waals surface area (Å²) in [5, 5.41) is 5.58. The minimum atomic E-state index is -0.294. The highest BCUT2D eigenvalue weighted by atomic mass is 16.5. The van der Waals surface area contributed by atoms with Crippen molar-refractivity contribution < 1.29 is 19.1 Å². The number of carbonyl (C=O) groups excluding carboxylic acids is 2. The average molecular weight is 342 g/mol. The average Bonchev–Trinajstić information content (AvgIpc) is 2.62. The van der Waals surface area contributed by atoms with Crippen LogP contribution in [0.1, 0.15) is 33.2 Å². The standard InChI is InChI=1S/C19H22N2O4/c1-5-20-18(22)13-7-6-12(2)15(10-13)21-19(23)14-8-9-16(24-3)17(11-14)25-4/h6-11H,5H2,1-4H3,(H,20,22)(H,21,23). The maximum atomic E-state index is 12.5. The van der Waals surface area contributed by atoms with Crippen molar-refractivity contribution in [2.24, 2.45) is 0 Å². The molecule has 0 aliphatic rings. The molecule has 2 rings (SSSR count). The molecule has 2 aromatic rings. The molecule has 0 heterocycles. The summed E-state index contributed by atoms with van der Waals surface area (Å²) in [6.45, 7) is 4.26. The minimum Gasteiger partial charge on any atom is -0.493 e. The van der Waals surface area contributed by atoms with Gasteiger partial charge in [-0.05, 0) is 49.7 Å². The van der Waals surface area contributed by atoms with Crippen LogP contribution < -0.4 is 20.1 Å². The van der Waals surface area contributed by atoms with Crippen molar-refractivity contribution >= 4 is 17.5 Å². The molecule has 25 heavy (non-hydrogen) atoms. The zero-order valence-corrected chi connectivity index (χ0v) is 14.8. The van der Waals surface area contributed by atoms with Crippen LogP contribution in [0, 0.1) is 6.92 Å². The Bertz CT molecular complexity index is 787. The van der Waals surface area contributed by atoms with Crippen LogP contribution in [-0.2, 0) is 0 Å². The summed E-state index contributed by atoms with van der Waals surface area (Å²) < 4.78 is 10.4. The number of anilines is 1. The van der Waals surface area contributed by atoms with E-state index < -0.39 is 0 Å². The maximum absolute atomic E-state index is 12.5. The van der Waals surface area contributed by atoms with E-state index >= 15 is 0 Å².